The van der Waals surface area contributed by atoms with Crippen molar-refractivity contribution in [1.82, 2.24) is 9.88 Å². The lowest BCUT2D eigenvalue weighted by molar-refractivity contribution is 0.208. The quantitative estimate of drug-likeness (QED) is 0.762. The van der Waals surface area contributed by atoms with Gasteiger partial charge in [0, 0.05) is 43.4 Å². The van der Waals surface area contributed by atoms with E-state index >= 15 is 0 Å². The van der Waals surface area contributed by atoms with Crippen LogP contribution in [0.4, 0.5) is 16.2 Å². The molecule has 1 N–H and O–H groups in total. The third kappa shape index (κ3) is 3.53. The molecule has 0 atom stereocenters. The molecule has 0 radical (unpaired) electrons. The second-order valence-corrected chi connectivity index (χ2v) is 6.44. The van der Waals surface area contributed by atoms with E-state index in [1.54, 1.807) is 6.20 Å². The van der Waals surface area contributed by atoms with Gasteiger partial charge in [0.15, 0.2) is 0 Å². The fourth-order valence-corrected chi connectivity index (χ4v) is 3.31. The van der Waals surface area contributed by atoms with Gasteiger partial charge in [-0.2, -0.15) is 5.26 Å². The number of nitrogens with zero attached hydrogens (tertiary/aromatic N) is 4. The van der Waals surface area contributed by atoms with Crippen molar-refractivity contribution in [3.8, 4) is 6.07 Å². The van der Waals surface area contributed by atoms with Crippen molar-refractivity contribution < 1.29 is 4.79 Å². The van der Waals surface area contributed by atoms with E-state index in [1.807, 2.05) is 59.5 Å². The summed E-state index contributed by atoms with van der Waals surface area (Å²) in [6.45, 7) is 2.80. The number of hydrogen-bond acceptors (Lipinski definition) is 4. The summed E-state index contributed by atoms with van der Waals surface area (Å²) in [7, 11) is 0. The Kier molecular flexibility index (Phi) is 4.58. The molecule has 2 heterocycles. The molecule has 1 saturated heterocycles. The van der Waals surface area contributed by atoms with Gasteiger partial charge in [0.05, 0.1) is 22.8 Å². The largest absolute Gasteiger partial charge is 0.368 e. The van der Waals surface area contributed by atoms with E-state index in [2.05, 4.69) is 21.3 Å². The SMILES string of the molecule is N#Cc1ccc(N2CCN(C(=O)Nc3cccc4cccnc34)CC2)cc1. The summed E-state index contributed by atoms with van der Waals surface area (Å²) in [5.74, 6) is 0. The number of carbonyl (C=O) groups excluding carboxylic acids is 1. The van der Waals surface area contributed by atoms with E-state index < -0.39 is 0 Å². The van der Waals surface area contributed by atoms with Crippen molar-refractivity contribution in [3.05, 3.63) is 66.4 Å². The molecule has 1 aliphatic rings. The average Bonchev–Trinajstić information content (AvgIpc) is 2.74. The Morgan fingerprint density at radius 3 is 2.48 bits per heavy atom. The van der Waals surface area contributed by atoms with E-state index in [0.717, 1.165) is 35.4 Å². The molecule has 0 saturated carbocycles. The van der Waals surface area contributed by atoms with Gasteiger partial charge in [0.25, 0.3) is 0 Å². The summed E-state index contributed by atoms with van der Waals surface area (Å²) in [4.78, 5) is 21.1. The van der Waals surface area contributed by atoms with Gasteiger partial charge in [-0.05, 0) is 36.4 Å². The predicted octanol–water partition coefficient (Wildman–Crippen LogP) is 3.46. The van der Waals surface area contributed by atoms with Crippen molar-refractivity contribution in [1.29, 1.82) is 5.26 Å². The maximum atomic E-state index is 12.7. The Balaban J connectivity index is 1.40. The van der Waals surface area contributed by atoms with Crippen LogP contribution in [0.15, 0.2) is 60.8 Å². The zero-order valence-electron chi connectivity index (χ0n) is 14.8. The van der Waals surface area contributed by atoms with Gasteiger partial charge in [0.2, 0.25) is 0 Å². The molecular weight excluding hydrogens is 338 g/mol. The fourth-order valence-electron chi connectivity index (χ4n) is 3.31. The number of urea groups is 1. The highest BCUT2D eigenvalue weighted by atomic mass is 16.2. The minimum atomic E-state index is -0.104. The minimum absolute atomic E-state index is 0.104. The summed E-state index contributed by atoms with van der Waals surface area (Å²) in [5, 5.41) is 12.9. The molecule has 4 rings (SSSR count). The Bertz CT molecular complexity index is 996. The van der Waals surface area contributed by atoms with Crippen LogP contribution in [0.25, 0.3) is 10.9 Å². The summed E-state index contributed by atoms with van der Waals surface area (Å²) in [6, 6.07) is 19.2. The number of benzene rings is 2. The number of pyridine rings is 1. The van der Waals surface area contributed by atoms with Gasteiger partial charge in [-0.1, -0.05) is 18.2 Å². The summed E-state index contributed by atoms with van der Waals surface area (Å²) in [5.41, 5.74) is 3.25. The summed E-state index contributed by atoms with van der Waals surface area (Å²) >= 11 is 0. The summed E-state index contributed by atoms with van der Waals surface area (Å²) < 4.78 is 0. The maximum Gasteiger partial charge on any atom is 0.322 e. The van der Waals surface area contributed by atoms with Crippen LogP contribution in [0, 0.1) is 11.3 Å². The third-order valence-corrected chi connectivity index (χ3v) is 4.80. The lowest BCUT2D eigenvalue weighted by atomic mass is 10.2. The molecule has 0 bridgehead atoms. The number of nitriles is 1. The molecule has 0 aliphatic carbocycles. The molecule has 1 fully saturated rings. The van der Waals surface area contributed by atoms with Crippen LogP contribution in [-0.2, 0) is 0 Å². The number of nitrogens with one attached hydrogen (secondary N) is 1. The second kappa shape index (κ2) is 7.34. The van der Waals surface area contributed by atoms with Gasteiger partial charge in [-0.15, -0.1) is 0 Å². The van der Waals surface area contributed by atoms with Crippen molar-refractivity contribution in [2.75, 3.05) is 36.4 Å². The van der Waals surface area contributed by atoms with Crippen molar-refractivity contribution in [2.24, 2.45) is 0 Å². The van der Waals surface area contributed by atoms with Gasteiger partial charge in [-0.25, -0.2) is 4.79 Å². The van der Waals surface area contributed by atoms with Crippen molar-refractivity contribution in [2.45, 2.75) is 0 Å². The van der Waals surface area contributed by atoms with Crippen LogP contribution in [0.1, 0.15) is 5.56 Å². The zero-order chi connectivity index (χ0) is 18.6. The van der Waals surface area contributed by atoms with Crippen LogP contribution in [0.2, 0.25) is 0 Å². The molecule has 6 nitrogen and oxygen atoms in total. The Morgan fingerprint density at radius 2 is 1.74 bits per heavy atom. The highest BCUT2D eigenvalue weighted by molar-refractivity contribution is 5.99. The van der Waals surface area contributed by atoms with E-state index in [9.17, 15) is 4.79 Å². The van der Waals surface area contributed by atoms with Crippen molar-refractivity contribution >= 4 is 28.3 Å². The predicted molar refractivity (Wildman–Crippen MR) is 106 cm³/mol. The monoisotopic (exact) mass is 357 g/mol. The molecular formula is C21H19N5O. The van der Waals surface area contributed by atoms with E-state index in [4.69, 9.17) is 5.26 Å². The third-order valence-electron chi connectivity index (χ3n) is 4.80. The molecule has 3 aromatic rings. The first-order valence-corrected chi connectivity index (χ1v) is 8.89. The van der Waals surface area contributed by atoms with E-state index in [1.165, 1.54) is 0 Å². The van der Waals surface area contributed by atoms with Crippen LogP contribution < -0.4 is 10.2 Å². The lowest BCUT2D eigenvalue weighted by Gasteiger charge is -2.36. The zero-order valence-corrected chi connectivity index (χ0v) is 14.8. The highest BCUT2D eigenvalue weighted by Gasteiger charge is 2.21. The molecule has 27 heavy (non-hydrogen) atoms. The van der Waals surface area contributed by atoms with Crippen LogP contribution in [0.3, 0.4) is 0 Å². The van der Waals surface area contributed by atoms with Gasteiger partial charge < -0.3 is 15.1 Å². The molecule has 2 amide bonds. The van der Waals surface area contributed by atoms with Crippen LogP contribution in [-0.4, -0.2) is 42.1 Å². The number of aromatic nitrogens is 1. The van der Waals surface area contributed by atoms with Crippen molar-refractivity contribution in [3.63, 3.8) is 0 Å². The average molecular weight is 357 g/mol. The molecule has 0 unspecified atom stereocenters. The number of piperazine rings is 1. The molecule has 2 aromatic carbocycles. The molecule has 134 valence electrons. The standard InChI is InChI=1S/C21H19N5O/c22-15-16-6-8-18(9-7-16)25-11-13-26(14-12-25)21(27)24-19-5-1-3-17-4-2-10-23-20(17)19/h1-10H,11-14H2,(H,24,27). The Morgan fingerprint density at radius 1 is 1.00 bits per heavy atom. The van der Waals surface area contributed by atoms with Gasteiger partial charge >= 0.3 is 6.03 Å². The number of amides is 2. The topological polar surface area (TPSA) is 72.3 Å². The minimum Gasteiger partial charge on any atom is -0.368 e. The normalized spacial score (nSPS) is 14.0. The first kappa shape index (κ1) is 16.9. The number of fused-ring (bicyclic) bond motifs is 1. The number of rotatable bonds is 2. The Hall–Kier alpha value is -3.59. The van der Waals surface area contributed by atoms with Crippen LogP contribution in [0.5, 0.6) is 0 Å². The summed E-state index contributed by atoms with van der Waals surface area (Å²) in [6.07, 6.45) is 1.73. The first-order valence-electron chi connectivity index (χ1n) is 8.89. The molecule has 1 aromatic heterocycles. The molecule has 1 aliphatic heterocycles. The Labute approximate surface area is 157 Å². The number of para-hydroxylation sites is 1. The van der Waals surface area contributed by atoms with Gasteiger partial charge in [0.1, 0.15) is 0 Å². The number of hydrogen-bond donors (Lipinski definition) is 1. The highest BCUT2D eigenvalue weighted by Crippen LogP contribution is 2.22. The van der Waals surface area contributed by atoms with E-state index in [0.29, 0.717) is 18.7 Å². The molecule has 6 heteroatoms. The van der Waals surface area contributed by atoms with Crippen LogP contribution >= 0.6 is 0 Å². The number of carbonyl (C=O) groups is 1. The van der Waals surface area contributed by atoms with Gasteiger partial charge in [-0.3, -0.25) is 4.98 Å². The first-order chi connectivity index (χ1) is 13.2. The fraction of sp³-hybridized carbons (Fsp3) is 0.190. The molecule has 0 spiro atoms. The second-order valence-electron chi connectivity index (χ2n) is 6.44. The number of anilines is 2. The smallest absolute Gasteiger partial charge is 0.322 e. The lowest BCUT2D eigenvalue weighted by Crippen LogP contribution is -2.50. The van der Waals surface area contributed by atoms with E-state index in [-0.39, 0.29) is 6.03 Å². The maximum absolute atomic E-state index is 12.7.